The van der Waals surface area contributed by atoms with E-state index < -0.39 is 0 Å². The van der Waals surface area contributed by atoms with Crippen LogP contribution in [0.1, 0.15) is 31.2 Å². The highest BCUT2D eigenvalue weighted by molar-refractivity contribution is 6.30. The number of hydrogen-bond donors (Lipinski definition) is 1. The van der Waals surface area contributed by atoms with Crippen molar-refractivity contribution >= 4 is 17.3 Å². The molecule has 4 heteroatoms. The molecule has 2 fully saturated rings. The van der Waals surface area contributed by atoms with Gasteiger partial charge in [-0.3, -0.25) is 4.90 Å². The molecular formula is C16H24ClN3. The van der Waals surface area contributed by atoms with Gasteiger partial charge < -0.3 is 10.6 Å². The Kier molecular flexibility index (Phi) is 4.49. The van der Waals surface area contributed by atoms with E-state index in [0.29, 0.717) is 12.6 Å². The van der Waals surface area contributed by atoms with Crippen molar-refractivity contribution in [3.05, 3.63) is 28.8 Å². The molecule has 0 saturated carbocycles. The molecule has 1 unspecified atom stereocenters. The zero-order valence-corrected chi connectivity index (χ0v) is 12.8. The van der Waals surface area contributed by atoms with Crippen molar-refractivity contribution in [2.45, 2.75) is 38.3 Å². The summed E-state index contributed by atoms with van der Waals surface area (Å²) >= 11 is 6.16. The lowest BCUT2D eigenvalue weighted by Gasteiger charge is -2.32. The maximum atomic E-state index is 6.16. The molecule has 20 heavy (non-hydrogen) atoms. The van der Waals surface area contributed by atoms with Crippen LogP contribution in [0.2, 0.25) is 5.02 Å². The SMILES string of the molecule is NCc1ccc(Cl)cc1N1CCC(N2CCCCC2)C1. The van der Waals surface area contributed by atoms with E-state index in [4.69, 9.17) is 17.3 Å². The molecule has 1 aromatic carbocycles. The molecule has 2 aliphatic rings. The molecule has 2 heterocycles. The number of rotatable bonds is 3. The summed E-state index contributed by atoms with van der Waals surface area (Å²) in [7, 11) is 0. The molecule has 0 aromatic heterocycles. The van der Waals surface area contributed by atoms with E-state index in [1.54, 1.807) is 0 Å². The predicted molar refractivity (Wildman–Crippen MR) is 85.4 cm³/mol. The molecule has 2 saturated heterocycles. The third-order valence-electron chi connectivity index (χ3n) is 4.68. The van der Waals surface area contributed by atoms with Crippen molar-refractivity contribution in [1.29, 1.82) is 0 Å². The van der Waals surface area contributed by atoms with Crippen molar-refractivity contribution in [3.8, 4) is 0 Å². The fourth-order valence-corrected chi connectivity index (χ4v) is 3.71. The first-order valence-electron chi connectivity index (χ1n) is 7.75. The summed E-state index contributed by atoms with van der Waals surface area (Å²) < 4.78 is 0. The Morgan fingerprint density at radius 1 is 1.15 bits per heavy atom. The highest BCUT2D eigenvalue weighted by atomic mass is 35.5. The summed E-state index contributed by atoms with van der Waals surface area (Å²) in [6.45, 7) is 5.37. The molecule has 1 atom stereocenters. The van der Waals surface area contributed by atoms with Gasteiger partial charge in [-0.1, -0.05) is 24.1 Å². The Balaban J connectivity index is 1.71. The van der Waals surface area contributed by atoms with E-state index in [-0.39, 0.29) is 0 Å². The van der Waals surface area contributed by atoms with Gasteiger partial charge in [0.2, 0.25) is 0 Å². The van der Waals surface area contributed by atoms with Gasteiger partial charge in [0, 0.05) is 36.4 Å². The van der Waals surface area contributed by atoms with E-state index in [1.165, 1.54) is 50.0 Å². The lowest BCUT2D eigenvalue weighted by Crippen LogP contribution is -2.41. The average molecular weight is 294 g/mol. The minimum Gasteiger partial charge on any atom is -0.370 e. The van der Waals surface area contributed by atoms with Crippen LogP contribution in [-0.4, -0.2) is 37.1 Å². The minimum absolute atomic E-state index is 0.581. The molecule has 0 radical (unpaired) electrons. The topological polar surface area (TPSA) is 32.5 Å². The molecule has 0 bridgehead atoms. The van der Waals surface area contributed by atoms with Gasteiger partial charge in [-0.25, -0.2) is 0 Å². The molecule has 0 aliphatic carbocycles. The number of benzene rings is 1. The first kappa shape index (κ1) is 14.2. The monoisotopic (exact) mass is 293 g/mol. The quantitative estimate of drug-likeness (QED) is 0.930. The molecule has 2 aliphatic heterocycles. The molecule has 3 rings (SSSR count). The van der Waals surface area contributed by atoms with Crippen molar-refractivity contribution in [2.75, 3.05) is 31.1 Å². The largest absolute Gasteiger partial charge is 0.370 e. The van der Waals surface area contributed by atoms with Crippen molar-refractivity contribution in [1.82, 2.24) is 4.90 Å². The van der Waals surface area contributed by atoms with Gasteiger partial charge in [-0.15, -0.1) is 0 Å². The van der Waals surface area contributed by atoms with Crippen LogP contribution in [-0.2, 0) is 6.54 Å². The van der Waals surface area contributed by atoms with Gasteiger partial charge in [0.1, 0.15) is 0 Å². The van der Waals surface area contributed by atoms with Crippen LogP contribution >= 0.6 is 11.6 Å². The minimum atomic E-state index is 0.581. The predicted octanol–water partition coefficient (Wildman–Crippen LogP) is 2.86. The van der Waals surface area contributed by atoms with Crippen LogP contribution in [0.4, 0.5) is 5.69 Å². The fraction of sp³-hybridized carbons (Fsp3) is 0.625. The number of piperidine rings is 1. The second kappa shape index (κ2) is 6.33. The molecule has 2 N–H and O–H groups in total. The standard InChI is InChI=1S/C16H24ClN3/c17-14-5-4-13(11-18)16(10-14)20-9-6-15(12-20)19-7-2-1-3-8-19/h4-5,10,15H,1-3,6-9,11-12,18H2. The first-order chi connectivity index (χ1) is 9.78. The van der Waals surface area contributed by atoms with Crippen LogP contribution in [0.3, 0.4) is 0 Å². The van der Waals surface area contributed by atoms with Crippen molar-refractivity contribution < 1.29 is 0 Å². The van der Waals surface area contributed by atoms with E-state index in [0.717, 1.165) is 18.1 Å². The highest BCUT2D eigenvalue weighted by Gasteiger charge is 2.29. The second-order valence-corrected chi connectivity index (χ2v) is 6.40. The number of nitrogens with two attached hydrogens (primary N) is 1. The Morgan fingerprint density at radius 3 is 2.70 bits per heavy atom. The summed E-state index contributed by atoms with van der Waals surface area (Å²) in [5.41, 5.74) is 8.30. The molecule has 1 aromatic rings. The smallest absolute Gasteiger partial charge is 0.0427 e. The maximum absolute atomic E-state index is 6.16. The molecule has 3 nitrogen and oxygen atoms in total. The summed E-state index contributed by atoms with van der Waals surface area (Å²) in [4.78, 5) is 5.14. The van der Waals surface area contributed by atoms with Crippen LogP contribution in [0.5, 0.6) is 0 Å². The summed E-state index contributed by atoms with van der Waals surface area (Å²) in [5, 5.41) is 0.804. The Morgan fingerprint density at radius 2 is 1.95 bits per heavy atom. The lowest BCUT2D eigenvalue weighted by molar-refractivity contribution is 0.175. The van der Waals surface area contributed by atoms with Crippen LogP contribution in [0, 0.1) is 0 Å². The van der Waals surface area contributed by atoms with E-state index in [9.17, 15) is 0 Å². The third-order valence-corrected chi connectivity index (χ3v) is 4.91. The van der Waals surface area contributed by atoms with Gasteiger partial charge in [-0.05, 0) is 50.0 Å². The van der Waals surface area contributed by atoms with Gasteiger partial charge in [-0.2, -0.15) is 0 Å². The van der Waals surface area contributed by atoms with Crippen molar-refractivity contribution in [2.24, 2.45) is 5.73 Å². The van der Waals surface area contributed by atoms with E-state index in [1.807, 2.05) is 6.07 Å². The molecular weight excluding hydrogens is 270 g/mol. The van der Waals surface area contributed by atoms with Gasteiger partial charge in [0.25, 0.3) is 0 Å². The normalized spacial score (nSPS) is 24.3. The van der Waals surface area contributed by atoms with Crippen LogP contribution in [0.25, 0.3) is 0 Å². The van der Waals surface area contributed by atoms with Gasteiger partial charge in [0.05, 0.1) is 0 Å². The van der Waals surface area contributed by atoms with E-state index in [2.05, 4.69) is 21.9 Å². The second-order valence-electron chi connectivity index (χ2n) is 5.96. The number of hydrogen-bond acceptors (Lipinski definition) is 3. The lowest BCUT2D eigenvalue weighted by atomic mass is 10.1. The number of halogens is 1. The zero-order chi connectivity index (χ0) is 13.9. The molecule has 0 spiro atoms. The van der Waals surface area contributed by atoms with E-state index >= 15 is 0 Å². The maximum Gasteiger partial charge on any atom is 0.0427 e. The first-order valence-corrected chi connectivity index (χ1v) is 8.13. The summed E-state index contributed by atoms with van der Waals surface area (Å²) in [5.74, 6) is 0. The Labute approximate surface area is 126 Å². The van der Waals surface area contributed by atoms with Crippen molar-refractivity contribution in [3.63, 3.8) is 0 Å². The molecule has 110 valence electrons. The average Bonchev–Trinajstić information content (AvgIpc) is 2.98. The molecule has 0 amide bonds. The number of anilines is 1. The van der Waals surface area contributed by atoms with Crippen LogP contribution < -0.4 is 10.6 Å². The Hall–Kier alpha value is -0.770. The van der Waals surface area contributed by atoms with Gasteiger partial charge in [0.15, 0.2) is 0 Å². The third kappa shape index (κ3) is 2.95. The highest BCUT2D eigenvalue weighted by Crippen LogP contribution is 2.29. The number of nitrogens with zero attached hydrogens (tertiary/aromatic N) is 2. The number of likely N-dealkylation sites (tertiary alicyclic amines) is 1. The Bertz CT molecular complexity index is 457. The van der Waals surface area contributed by atoms with Gasteiger partial charge >= 0.3 is 0 Å². The summed E-state index contributed by atoms with van der Waals surface area (Å²) in [6, 6.07) is 6.78. The zero-order valence-electron chi connectivity index (χ0n) is 12.0. The summed E-state index contributed by atoms with van der Waals surface area (Å²) in [6.07, 6.45) is 5.39. The van der Waals surface area contributed by atoms with Crippen LogP contribution in [0.15, 0.2) is 18.2 Å². The fourth-order valence-electron chi connectivity index (χ4n) is 3.55.